The van der Waals surface area contributed by atoms with Crippen LogP contribution < -0.4 is 0 Å². The van der Waals surface area contributed by atoms with Gasteiger partial charge in [0.2, 0.25) is 0 Å². The molecule has 1 saturated carbocycles. The normalized spacial score (nSPS) is 25.4. The first-order valence-corrected chi connectivity index (χ1v) is 10.1. The van der Waals surface area contributed by atoms with E-state index in [0.29, 0.717) is 30.0 Å². The Hall–Kier alpha value is -2.05. The van der Waals surface area contributed by atoms with Gasteiger partial charge in [0, 0.05) is 41.0 Å². The van der Waals surface area contributed by atoms with E-state index < -0.39 is 0 Å². The van der Waals surface area contributed by atoms with Crippen LogP contribution in [0.4, 0.5) is 0 Å². The molecule has 1 aliphatic carbocycles. The lowest BCUT2D eigenvalue weighted by Gasteiger charge is -2.27. The number of rotatable bonds is 4. The van der Waals surface area contributed by atoms with Crippen LogP contribution in [0.15, 0.2) is 23.6 Å². The van der Waals surface area contributed by atoms with E-state index in [0.717, 1.165) is 40.1 Å². The second kappa shape index (κ2) is 5.99. The number of hydrogen-bond acceptors (Lipinski definition) is 5. The number of nitrogens with one attached hydrogen (secondary N) is 1. The number of hydrogen-bond donors (Lipinski definition) is 1. The van der Waals surface area contributed by atoms with Gasteiger partial charge in [-0.2, -0.15) is 5.10 Å². The number of aryl methyl sites for hydroxylation is 1. The summed E-state index contributed by atoms with van der Waals surface area (Å²) in [6.07, 6.45) is 3.04. The van der Waals surface area contributed by atoms with Crippen LogP contribution in [0.1, 0.15) is 35.4 Å². The van der Waals surface area contributed by atoms with Gasteiger partial charge in [0.15, 0.2) is 5.78 Å². The van der Waals surface area contributed by atoms with Crippen LogP contribution in [-0.2, 0) is 0 Å². The van der Waals surface area contributed by atoms with Crippen LogP contribution in [0.5, 0.6) is 0 Å². The molecule has 2 bridgehead atoms. The summed E-state index contributed by atoms with van der Waals surface area (Å²) in [6, 6.07) is 6.77. The summed E-state index contributed by atoms with van der Waals surface area (Å²) in [5.74, 6) is 1.38. The van der Waals surface area contributed by atoms with Crippen molar-refractivity contribution in [3.8, 4) is 10.6 Å². The van der Waals surface area contributed by atoms with Crippen molar-refractivity contribution in [1.29, 1.82) is 0 Å². The molecule has 2 aromatic heterocycles. The Labute approximate surface area is 156 Å². The minimum Gasteiger partial charge on any atom is -0.303 e. The van der Waals surface area contributed by atoms with Crippen LogP contribution in [0.25, 0.3) is 21.5 Å². The molecule has 0 radical (unpaired) electrons. The fourth-order valence-electron chi connectivity index (χ4n) is 4.72. The number of aromatic amines is 1. The number of likely N-dealkylation sites (tertiary alicyclic amines) is 1. The number of Topliss-reactive ketones (excluding diaryl/α,β-unsaturated/α-hetero) is 1. The summed E-state index contributed by atoms with van der Waals surface area (Å²) < 4.78 is 0. The molecule has 1 aromatic carbocycles. The maximum absolute atomic E-state index is 12.9. The van der Waals surface area contributed by atoms with Crippen molar-refractivity contribution in [2.45, 2.75) is 32.2 Å². The van der Waals surface area contributed by atoms with Crippen molar-refractivity contribution in [2.75, 3.05) is 13.6 Å². The fourth-order valence-corrected chi connectivity index (χ4v) is 5.51. The molecular formula is C20H22N4OS. The van der Waals surface area contributed by atoms with Crippen LogP contribution in [0, 0.1) is 18.8 Å². The number of carbonyl (C=O) groups is 1. The molecule has 5 rings (SSSR count). The van der Waals surface area contributed by atoms with Crippen LogP contribution >= 0.6 is 11.3 Å². The summed E-state index contributed by atoms with van der Waals surface area (Å²) in [6.45, 7) is 3.14. The zero-order chi connectivity index (χ0) is 17.8. The number of aromatic nitrogens is 3. The number of nitrogens with zero attached hydrogens (tertiary/aromatic N) is 3. The first kappa shape index (κ1) is 16.1. The molecule has 3 heterocycles. The number of piperidine rings is 1. The average Bonchev–Trinajstić information content (AvgIpc) is 3.37. The highest BCUT2D eigenvalue weighted by atomic mass is 32.1. The van der Waals surface area contributed by atoms with Gasteiger partial charge in [-0.25, -0.2) is 4.98 Å². The number of carbonyl (C=O) groups excluding carboxylic acids is 1. The quantitative estimate of drug-likeness (QED) is 0.711. The molecule has 2 fully saturated rings. The monoisotopic (exact) mass is 366 g/mol. The highest BCUT2D eigenvalue weighted by molar-refractivity contribution is 7.13. The molecule has 1 N–H and O–H groups in total. The van der Waals surface area contributed by atoms with Crippen molar-refractivity contribution in [3.63, 3.8) is 0 Å². The van der Waals surface area contributed by atoms with Gasteiger partial charge in [-0.05, 0) is 50.8 Å². The van der Waals surface area contributed by atoms with Gasteiger partial charge in [0.1, 0.15) is 10.7 Å². The molecule has 1 saturated heterocycles. The summed E-state index contributed by atoms with van der Waals surface area (Å²) in [5, 5.41) is 11.4. The molecule has 3 unspecified atom stereocenters. The lowest BCUT2D eigenvalue weighted by Crippen LogP contribution is -2.32. The van der Waals surface area contributed by atoms with Crippen molar-refractivity contribution < 1.29 is 4.79 Å². The number of fused-ring (bicyclic) bond motifs is 3. The second-order valence-corrected chi connectivity index (χ2v) is 8.70. The zero-order valence-corrected chi connectivity index (χ0v) is 15.8. The summed E-state index contributed by atoms with van der Waals surface area (Å²) in [7, 11) is 2.20. The maximum atomic E-state index is 12.9. The largest absolute Gasteiger partial charge is 0.303 e. The standard InChI is InChI=1S/C20H22N4OS/c1-11-10-26-20(21-11)12-3-4-16-17(7-12)22-23-19(16)18(25)8-13-5-15-6-14(13)9-24(15)2/h3-4,7,10,13-15H,5-6,8-9H2,1-2H3,(H,22,23). The maximum Gasteiger partial charge on any atom is 0.183 e. The van der Waals surface area contributed by atoms with Crippen molar-refractivity contribution in [2.24, 2.45) is 11.8 Å². The van der Waals surface area contributed by atoms with Crippen LogP contribution in [0.2, 0.25) is 0 Å². The van der Waals surface area contributed by atoms with Crippen LogP contribution in [-0.4, -0.2) is 45.5 Å². The van der Waals surface area contributed by atoms with Gasteiger partial charge < -0.3 is 4.90 Å². The molecule has 5 nitrogen and oxygen atoms in total. The Morgan fingerprint density at radius 3 is 2.96 bits per heavy atom. The van der Waals surface area contributed by atoms with E-state index in [-0.39, 0.29) is 5.78 Å². The van der Waals surface area contributed by atoms with Gasteiger partial charge in [-0.1, -0.05) is 6.07 Å². The van der Waals surface area contributed by atoms with Crippen LogP contribution in [0.3, 0.4) is 0 Å². The van der Waals surface area contributed by atoms with Gasteiger partial charge in [-0.15, -0.1) is 11.3 Å². The predicted molar refractivity (Wildman–Crippen MR) is 104 cm³/mol. The highest BCUT2D eigenvalue weighted by Crippen LogP contribution is 2.43. The zero-order valence-electron chi connectivity index (χ0n) is 15.0. The number of benzene rings is 1. The Balaban J connectivity index is 1.38. The Morgan fingerprint density at radius 1 is 1.38 bits per heavy atom. The topological polar surface area (TPSA) is 61.9 Å². The Morgan fingerprint density at radius 2 is 2.27 bits per heavy atom. The molecular weight excluding hydrogens is 344 g/mol. The van der Waals surface area contributed by atoms with E-state index in [2.05, 4.69) is 27.1 Å². The number of H-pyrrole nitrogens is 1. The van der Waals surface area contributed by atoms with Crippen molar-refractivity contribution in [1.82, 2.24) is 20.1 Å². The third-order valence-corrected chi connectivity index (χ3v) is 7.11. The molecule has 134 valence electrons. The third kappa shape index (κ3) is 2.59. The van der Waals surface area contributed by atoms with E-state index in [1.54, 1.807) is 11.3 Å². The summed E-state index contributed by atoms with van der Waals surface area (Å²) in [5.41, 5.74) is 3.60. The first-order chi connectivity index (χ1) is 12.6. The lowest BCUT2D eigenvalue weighted by atomic mass is 9.89. The van der Waals surface area contributed by atoms with Gasteiger partial charge >= 0.3 is 0 Å². The molecule has 0 spiro atoms. The molecule has 0 amide bonds. The predicted octanol–water partition coefficient (Wildman–Crippen LogP) is 3.91. The SMILES string of the molecule is Cc1csc(-c2ccc3c(C(=O)CC4CC5CC4CN5C)n[nH]c3c2)n1. The number of ketones is 1. The molecule has 26 heavy (non-hydrogen) atoms. The summed E-state index contributed by atoms with van der Waals surface area (Å²) >= 11 is 1.64. The van der Waals surface area contributed by atoms with Gasteiger partial charge in [0.25, 0.3) is 0 Å². The van der Waals surface area contributed by atoms with Crippen molar-refractivity contribution >= 4 is 28.0 Å². The van der Waals surface area contributed by atoms with Gasteiger partial charge in [0.05, 0.1) is 5.52 Å². The molecule has 6 heteroatoms. The minimum absolute atomic E-state index is 0.175. The minimum atomic E-state index is 0.175. The molecule has 1 aliphatic heterocycles. The Kier molecular flexibility index (Phi) is 3.72. The van der Waals surface area contributed by atoms with E-state index in [1.807, 2.05) is 30.5 Å². The van der Waals surface area contributed by atoms with E-state index >= 15 is 0 Å². The number of thiazole rings is 1. The average molecular weight is 366 g/mol. The third-order valence-electron chi connectivity index (χ3n) is 6.10. The Bertz CT molecular complexity index is 989. The molecule has 3 aromatic rings. The smallest absolute Gasteiger partial charge is 0.183 e. The first-order valence-electron chi connectivity index (χ1n) is 9.22. The van der Waals surface area contributed by atoms with E-state index in [9.17, 15) is 4.79 Å². The molecule has 3 atom stereocenters. The van der Waals surface area contributed by atoms with Crippen molar-refractivity contribution in [3.05, 3.63) is 35.0 Å². The van der Waals surface area contributed by atoms with E-state index in [4.69, 9.17) is 0 Å². The van der Waals surface area contributed by atoms with Gasteiger partial charge in [-0.3, -0.25) is 9.89 Å². The highest BCUT2D eigenvalue weighted by Gasteiger charge is 2.43. The van der Waals surface area contributed by atoms with E-state index in [1.165, 1.54) is 6.42 Å². The fraction of sp³-hybridized carbons (Fsp3) is 0.450. The molecule has 2 aliphatic rings. The summed E-state index contributed by atoms with van der Waals surface area (Å²) in [4.78, 5) is 19.9. The second-order valence-electron chi connectivity index (χ2n) is 7.84. The lowest BCUT2D eigenvalue weighted by molar-refractivity contribution is 0.0927.